The highest BCUT2D eigenvalue weighted by atomic mass is 16.7. The highest BCUT2D eigenvalue weighted by Gasteiger charge is 2.58. The Morgan fingerprint density at radius 1 is 1.18 bits per heavy atom. The zero-order valence-corrected chi connectivity index (χ0v) is 22.6. The van der Waals surface area contributed by atoms with E-state index in [4.69, 9.17) is 24.5 Å². The van der Waals surface area contributed by atoms with Gasteiger partial charge in [0.15, 0.2) is 5.79 Å². The normalized spacial score (nSPS) is 22.9. The average Bonchev–Trinajstić information content (AvgIpc) is 3.03. The van der Waals surface area contributed by atoms with E-state index >= 15 is 0 Å². The summed E-state index contributed by atoms with van der Waals surface area (Å²) in [6.07, 6.45) is 6.92. The maximum Gasteiger partial charge on any atom is 0.328 e. The zero-order valence-electron chi connectivity index (χ0n) is 22.6. The first-order valence-corrected chi connectivity index (χ1v) is 13.4. The lowest BCUT2D eigenvalue weighted by Gasteiger charge is -2.49. The predicted octanol–water partition coefficient (Wildman–Crippen LogP) is 4.86. The minimum atomic E-state index is -0.858. The Kier molecular flexibility index (Phi) is 8.97. The summed E-state index contributed by atoms with van der Waals surface area (Å²) in [5.41, 5.74) is 10.5. The summed E-state index contributed by atoms with van der Waals surface area (Å²) in [7, 11) is 1.33. The van der Waals surface area contributed by atoms with Crippen LogP contribution in [0.1, 0.15) is 64.4 Å². The molecule has 0 aromatic heterocycles. The van der Waals surface area contributed by atoms with Crippen LogP contribution in [0.4, 0.5) is 0 Å². The van der Waals surface area contributed by atoms with Gasteiger partial charge in [0.05, 0.1) is 20.3 Å². The molecule has 206 valence electrons. The number of likely N-dealkylation sites (tertiary alicyclic amines) is 1. The molecule has 38 heavy (non-hydrogen) atoms. The second-order valence-electron chi connectivity index (χ2n) is 10.7. The number of carbonyl (C=O) groups is 2. The Morgan fingerprint density at radius 3 is 2.42 bits per heavy atom. The SMILES string of the molecule is COC(=O)[C@@H](Cc1ccc(OCC=C(C)C)cc1)N1C(=O)[C@H](N=[N+]=[N-])CC12CCC1(CC2)OCCCCO1. The lowest BCUT2D eigenvalue weighted by molar-refractivity contribution is -0.251. The van der Waals surface area contributed by atoms with Crippen molar-refractivity contribution in [3.8, 4) is 5.75 Å². The maximum atomic E-state index is 13.6. The van der Waals surface area contributed by atoms with Gasteiger partial charge in [-0.15, -0.1) is 0 Å². The molecule has 4 rings (SSSR count). The van der Waals surface area contributed by atoms with Crippen molar-refractivity contribution in [1.29, 1.82) is 0 Å². The van der Waals surface area contributed by atoms with Crippen molar-refractivity contribution in [2.45, 2.75) is 88.6 Å². The number of allylic oxidation sites excluding steroid dienone is 1. The molecule has 2 aliphatic heterocycles. The predicted molar refractivity (Wildman–Crippen MR) is 140 cm³/mol. The third-order valence-corrected chi connectivity index (χ3v) is 7.89. The molecule has 3 aliphatic rings. The van der Waals surface area contributed by atoms with Gasteiger partial charge in [-0.25, -0.2) is 4.79 Å². The van der Waals surface area contributed by atoms with E-state index in [9.17, 15) is 9.59 Å². The lowest BCUT2D eigenvalue weighted by atomic mass is 9.75. The molecular formula is C28H38N4O6. The van der Waals surface area contributed by atoms with Crippen LogP contribution in [0, 0.1) is 0 Å². The van der Waals surface area contributed by atoms with Gasteiger partial charge in [0.1, 0.15) is 24.4 Å². The highest BCUT2D eigenvalue weighted by Crippen LogP contribution is 2.49. The third-order valence-electron chi connectivity index (χ3n) is 7.89. The highest BCUT2D eigenvalue weighted by molar-refractivity contribution is 5.91. The van der Waals surface area contributed by atoms with E-state index in [2.05, 4.69) is 10.0 Å². The lowest BCUT2D eigenvalue weighted by Crippen LogP contribution is -2.59. The van der Waals surface area contributed by atoms with Gasteiger partial charge in [-0.3, -0.25) is 4.79 Å². The maximum absolute atomic E-state index is 13.6. The van der Waals surface area contributed by atoms with Crippen molar-refractivity contribution in [2.75, 3.05) is 26.9 Å². The number of rotatable bonds is 8. The number of azide groups is 1. The minimum Gasteiger partial charge on any atom is -0.490 e. The Bertz CT molecular complexity index is 1060. The van der Waals surface area contributed by atoms with E-state index in [1.807, 2.05) is 44.2 Å². The van der Waals surface area contributed by atoms with Crippen molar-refractivity contribution < 1.29 is 28.5 Å². The van der Waals surface area contributed by atoms with Gasteiger partial charge in [-0.2, -0.15) is 0 Å². The molecule has 0 unspecified atom stereocenters. The largest absolute Gasteiger partial charge is 0.490 e. The number of hydrogen-bond donors (Lipinski definition) is 0. The number of nitrogens with zero attached hydrogens (tertiary/aromatic N) is 4. The van der Waals surface area contributed by atoms with Crippen LogP contribution < -0.4 is 4.74 Å². The van der Waals surface area contributed by atoms with Crippen LogP contribution in [0.15, 0.2) is 41.0 Å². The van der Waals surface area contributed by atoms with Crippen LogP contribution in [0.25, 0.3) is 10.4 Å². The molecule has 2 spiro atoms. The van der Waals surface area contributed by atoms with Crippen LogP contribution in [-0.2, 0) is 30.2 Å². The van der Waals surface area contributed by atoms with Gasteiger partial charge in [-0.05, 0) is 75.3 Å². The molecular weight excluding hydrogens is 488 g/mol. The Morgan fingerprint density at radius 2 is 1.84 bits per heavy atom. The van der Waals surface area contributed by atoms with E-state index in [1.54, 1.807) is 4.90 Å². The average molecular weight is 527 g/mol. The van der Waals surface area contributed by atoms with Crippen molar-refractivity contribution in [3.63, 3.8) is 0 Å². The summed E-state index contributed by atoms with van der Waals surface area (Å²) >= 11 is 0. The van der Waals surface area contributed by atoms with Gasteiger partial charge in [-0.1, -0.05) is 22.8 Å². The van der Waals surface area contributed by atoms with Gasteiger partial charge < -0.3 is 23.8 Å². The second kappa shape index (κ2) is 12.2. The van der Waals surface area contributed by atoms with Gasteiger partial charge in [0.25, 0.3) is 0 Å². The summed E-state index contributed by atoms with van der Waals surface area (Å²) in [4.78, 5) is 31.4. The second-order valence-corrected chi connectivity index (χ2v) is 10.7. The fourth-order valence-electron chi connectivity index (χ4n) is 5.83. The number of methoxy groups -OCH3 is 1. The number of hydrogen-bond acceptors (Lipinski definition) is 7. The molecule has 1 aromatic carbocycles. The van der Waals surface area contributed by atoms with E-state index in [1.165, 1.54) is 12.7 Å². The molecule has 10 heteroatoms. The fraction of sp³-hybridized carbons (Fsp3) is 0.643. The van der Waals surface area contributed by atoms with Crippen molar-refractivity contribution in [2.24, 2.45) is 5.11 Å². The van der Waals surface area contributed by atoms with E-state index in [0.717, 1.165) is 24.2 Å². The summed E-state index contributed by atoms with van der Waals surface area (Å²) < 4.78 is 23.2. The summed E-state index contributed by atoms with van der Waals surface area (Å²) in [5, 5.41) is 3.80. The Labute approximate surface area is 223 Å². The molecule has 3 fully saturated rings. The quantitative estimate of drug-likeness (QED) is 0.157. The molecule has 2 heterocycles. The third kappa shape index (κ3) is 6.14. The molecule has 2 atom stereocenters. The molecule has 0 radical (unpaired) electrons. The number of ether oxygens (including phenoxy) is 4. The molecule has 2 saturated heterocycles. The van der Waals surface area contributed by atoms with Crippen molar-refractivity contribution in [3.05, 3.63) is 51.9 Å². The van der Waals surface area contributed by atoms with Crippen LogP contribution in [0.3, 0.4) is 0 Å². The van der Waals surface area contributed by atoms with Gasteiger partial charge >= 0.3 is 5.97 Å². The van der Waals surface area contributed by atoms with Crippen LogP contribution in [0.5, 0.6) is 5.75 Å². The first kappa shape index (κ1) is 28.0. The molecule has 1 aliphatic carbocycles. The van der Waals surface area contributed by atoms with E-state index in [0.29, 0.717) is 51.9 Å². The monoisotopic (exact) mass is 526 g/mol. The summed E-state index contributed by atoms with van der Waals surface area (Å²) in [6.45, 7) is 5.81. The van der Waals surface area contributed by atoms with Crippen LogP contribution in [-0.4, -0.2) is 67.1 Å². The van der Waals surface area contributed by atoms with E-state index < -0.39 is 29.4 Å². The molecule has 1 amide bonds. The first-order chi connectivity index (χ1) is 18.3. The molecule has 1 aromatic rings. The molecule has 10 nitrogen and oxygen atoms in total. The van der Waals surface area contributed by atoms with Crippen LogP contribution in [0.2, 0.25) is 0 Å². The van der Waals surface area contributed by atoms with Crippen molar-refractivity contribution >= 4 is 11.9 Å². The van der Waals surface area contributed by atoms with Crippen LogP contribution >= 0.6 is 0 Å². The zero-order chi connectivity index (χ0) is 27.2. The number of carbonyl (C=O) groups excluding carboxylic acids is 2. The number of amides is 1. The molecule has 0 N–H and O–H groups in total. The summed E-state index contributed by atoms with van der Waals surface area (Å²) in [6, 6.07) is 5.80. The number of benzene rings is 1. The standard InChI is InChI=1S/C28H38N4O6/c1-20(2)10-17-36-22-8-6-21(7-9-22)18-24(26(34)35-3)32-25(33)23(30-31-29)19-27(32)11-13-28(14-12-27)37-15-4-5-16-38-28/h6-10,23-24H,4-5,11-19H2,1-3H3/t23-,24-/m1/s1. The van der Waals surface area contributed by atoms with Gasteiger partial charge in [0, 0.05) is 29.7 Å². The first-order valence-electron chi connectivity index (χ1n) is 13.4. The topological polar surface area (TPSA) is 123 Å². The molecule has 0 bridgehead atoms. The summed E-state index contributed by atoms with van der Waals surface area (Å²) in [5.74, 6) is -0.766. The smallest absolute Gasteiger partial charge is 0.328 e. The Balaban J connectivity index is 1.58. The fourth-order valence-corrected chi connectivity index (χ4v) is 5.83. The molecule has 1 saturated carbocycles. The minimum absolute atomic E-state index is 0.273. The number of esters is 1. The van der Waals surface area contributed by atoms with E-state index in [-0.39, 0.29) is 12.3 Å². The Hall–Kier alpha value is -3.07. The van der Waals surface area contributed by atoms with Crippen molar-refractivity contribution in [1.82, 2.24) is 4.90 Å². The van der Waals surface area contributed by atoms with Gasteiger partial charge in [0.2, 0.25) is 5.91 Å².